The van der Waals surface area contributed by atoms with E-state index in [0.717, 1.165) is 36.2 Å². The molecule has 1 aliphatic rings. The van der Waals surface area contributed by atoms with E-state index in [0.29, 0.717) is 6.54 Å². The van der Waals surface area contributed by atoms with Crippen LogP contribution in [0.3, 0.4) is 0 Å². The highest BCUT2D eigenvalue weighted by molar-refractivity contribution is 9.10. The topological polar surface area (TPSA) is 35.5 Å². The lowest BCUT2D eigenvalue weighted by molar-refractivity contribution is 0.135. The van der Waals surface area contributed by atoms with Gasteiger partial charge >= 0.3 is 0 Å². The fourth-order valence-electron chi connectivity index (χ4n) is 2.58. The monoisotopic (exact) mass is 326 g/mol. The minimum Gasteiger partial charge on any atom is -0.390 e. The summed E-state index contributed by atoms with van der Waals surface area (Å²) in [4.78, 5) is 2.34. The molecular formula is C15H23BrN2O. The first-order valence-corrected chi connectivity index (χ1v) is 7.91. The van der Waals surface area contributed by atoms with E-state index >= 15 is 0 Å². The molecule has 19 heavy (non-hydrogen) atoms. The van der Waals surface area contributed by atoms with Crippen molar-refractivity contribution >= 4 is 21.6 Å². The summed E-state index contributed by atoms with van der Waals surface area (Å²) in [5.41, 5.74) is 2.41. The molecule has 1 aromatic carbocycles. The van der Waals surface area contributed by atoms with Crippen molar-refractivity contribution in [3.05, 3.63) is 28.2 Å². The van der Waals surface area contributed by atoms with Crippen molar-refractivity contribution in [2.45, 2.75) is 32.3 Å². The number of hydrogen-bond donors (Lipinski definition) is 2. The molecule has 1 fully saturated rings. The molecule has 1 heterocycles. The van der Waals surface area contributed by atoms with Crippen LogP contribution in [-0.2, 0) is 6.42 Å². The van der Waals surface area contributed by atoms with Crippen molar-refractivity contribution in [1.29, 1.82) is 0 Å². The molecule has 0 aliphatic carbocycles. The van der Waals surface area contributed by atoms with Crippen LogP contribution < -0.4 is 5.32 Å². The van der Waals surface area contributed by atoms with Crippen molar-refractivity contribution < 1.29 is 5.11 Å². The van der Waals surface area contributed by atoms with E-state index in [4.69, 9.17) is 0 Å². The van der Waals surface area contributed by atoms with Gasteiger partial charge in [0, 0.05) is 23.2 Å². The van der Waals surface area contributed by atoms with Gasteiger partial charge in [-0.15, -0.1) is 0 Å². The lowest BCUT2D eigenvalue weighted by Crippen LogP contribution is -2.34. The van der Waals surface area contributed by atoms with Crippen molar-refractivity contribution in [1.82, 2.24) is 4.90 Å². The first kappa shape index (κ1) is 14.8. The van der Waals surface area contributed by atoms with Gasteiger partial charge in [0.15, 0.2) is 0 Å². The zero-order valence-electron chi connectivity index (χ0n) is 11.5. The third-order valence-electron chi connectivity index (χ3n) is 3.64. The number of β-amino-alcohol motifs (C(OH)–C–C–N with tert-alkyl or cyclic N) is 1. The predicted molar refractivity (Wildman–Crippen MR) is 83.7 cm³/mol. The quantitative estimate of drug-likeness (QED) is 0.843. The number of aryl methyl sites for hydroxylation is 1. The van der Waals surface area contributed by atoms with Crippen LogP contribution in [0.2, 0.25) is 0 Å². The first-order chi connectivity index (χ1) is 9.19. The number of rotatable bonds is 6. The second kappa shape index (κ2) is 7.27. The van der Waals surface area contributed by atoms with Gasteiger partial charge in [-0.05, 0) is 56.1 Å². The SMILES string of the molecule is CCc1cc(Br)ccc1NCC(O)CN1CCCC1. The Bertz CT molecular complexity index is 405. The Hall–Kier alpha value is -0.580. The zero-order chi connectivity index (χ0) is 13.7. The van der Waals surface area contributed by atoms with Gasteiger partial charge in [0.05, 0.1) is 6.10 Å². The van der Waals surface area contributed by atoms with Gasteiger partial charge < -0.3 is 15.3 Å². The maximum Gasteiger partial charge on any atom is 0.0839 e. The largest absolute Gasteiger partial charge is 0.390 e. The molecule has 1 unspecified atom stereocenters. The summed E-state index contributed by atoms with van der Waals surface area (Å²) in [6.07, 6.45) is 3.23. The molecule has 2 rings (SSSR count). The summed E-state index contributed by atoms with van der Waals surface area (Å²) in [6, 6.07) is 6.25. The van der Waals surface area contributed by atoms with Crippen LogP contribution in [0.4, 0.5) is 5.69 Å². The Morgan fingerprint density at radius 1 is 1.37 bits per heavy atom. The Labute approximate surface area is 124 Å². The van der Waals surface area contributed by atoms with Gasteiger partial charge in [-0.3, -0.25) is 0 Å². The van der Waals surface area contributed by atoms with Gasteiger partial charge in [-0.1, -0.05) is 22.9 Å². The summed E-state index contributed by atoms with van der Waals surface area (Å²) in [6.45, 7) is 5.81. The highest BCUT2D eigenvalue weighted by Gasteiger charge is 2.15. The van der Waals surface area contributed by atoms with Gasteiger partial charge in [0.25, 0.3) is 0 Å². The minimum atomic E-state index is -0.300. The number of benzene rings is 1. The number of halogens is 1. The van der Waals surface area contributed by atoms with Crippen LogP contribution in [0.5, 0.6) is 0 Å². The van der Waals surface area contributed by atoms with Crippen molar-refractivity contribution in [2.75, 3.05) is 31.5 Å². The van der Waals surface area contributed by atoms with Crippen molar-refractivity contribution in [2.24, 2.45) is 0 Å². The molecule has 0 bridgehead atoms. The maximum atomic E-state index is 10.1. The number of hydrogen-bond acceptors (Lipinski definition) is 3. The smallest absolute Gasteiger partial charge is 0.0839 e. The Kier molecular flexibility index (Phi) is 5.67. The fourth-order valence-corrected chi connectivity index (χ4v) is 2.99. The van der Waals surface area contributed by atoms with Crippen LogP contribution in [0.25, 0.3) is 0 Å². The van der Waals surface area contributed by atoms with Gasteiger partial charge in [-0.2, -0.15) is 0 Å². The lowest BCUT2D eigenvalue weighted by Gasteiger charge is -2.20. The number of nitrogens with zero attached hydrogens (tertiary/aromatic N) is 1. The molecule has 0 aromatic heterocycles. The summed E-state index contributed by atoms with van der Waals surface area (Å²) < 4.78 is 1.10. The van der Waals surface area contributed by atoms with E-state index in [-0.39, 0.29) is 6.10 Å². The molecule has 0 radical (unpaired) electrons. The second-order valence-corrected chi connectivity index (χ2v) is 6.11. The molecule has 1 atom stereocenters. The van der Waals surface area contributed by atoms with Gasteiger partial charge in [0.2, 0.25) is 0 Å². The highest BCUT2D eigenvalue weighted by Crippen LogP contribution is 2.21. The highest BCUT2D eigenvalue weighted by atomic mass is 79.9. The van der Waals surface area contributed by atoms with E-state index in [2.05, 4.69) is 45.2 Å². The minimum absolute atomic E-state index is 0.300. The molecular weight excluding hydrogens is 304 g/mol. The van der Waals surface area contributed by atoms with Crippen LogP contribution in [-0.4, -0.2) is 42.3 Å². The Balaban J connectivity index is 1.83. The number of aliphatic hydroxyl groups is 1. The van der Waals surface area contributed by atoms with E-state index in [1.165, 1.54) is 18.4 Å². The molecule has 1 saturated heterocycles. The maximum absolute atomic E-state index is 10.1. The average Bonchev–Trinajstić information content (AvgIpc) is 2.90. The standard InChI is InChI=1S/C15H23BrN2O/c1-2-12-9-13(16)5-6-15(12)17-10-14(19)11-18-7-3-4-8-18/h5-6,9,14,17,19H,2-4,7-8,10-11H2,1H3. The molecule has 4 heteroatoms. The summed E-state index contributed by atoms with van der Waals surface area (Å²) in [5.74, 6) is 0. The van der Waals surface area contributed by atoms with Gasteiger partial charge in [-0.25, -0.2) is 0 Å². The van der Waals surface area contributed by atoms with Crippen molar-refractivity contribution in [3.8, 4) is 0 Å². The predicted octanol–water partition coefficient (Wildman–Crippen LogP) is 2.88. The number of anilines is 1. The molecule has 1 aromatic rings. The first-order valence-electron chi connectivity index (χ1n) is 7.11. The molecule has 3 nitrogen and oxygen atoms in total. The van der Waals surface area contributed by atoms with E-state index < -0.39 is 0 Å². The molecule has 2 N–H and O–H groups in total. The molecule has 0 amide bonds. The third-order valence-corrected chi connectivity index (χ3v) is 4.14. The summed E-state index contributed by atoms with van der Waals surface area (Å²) in [5, 5.41) is 13.4. The van der Waals surface area contributed by atoms with Crippen LogP contribution >= 0.6 is 15.9 Å². The van der Waals surface area contributed by atoms with E-state index in [9.17, 15) is 5.11 Å². The summed E-state index contributed by atoms with van der Waals surface area (Å²) in [7, 11) is 0. The Morgan fingerprint density at radius 3 is 2.79 bits per heavy atom. The lowest BCUT2D eigenvalue weighted by atomic mass is 10.1. The number of nitrogens with one attached hydrogen (secondary N) is 1. The number of likely N-dealkylation sites (tertiary alicyclic amines) is 1. The number of aliphatic hydroxyl groups excluding tert-OH is 1. The van der Waals surface area contributed by atoms with E-state index in [1.54, 1.807) is 0 Å². The Morgan fingerprint density at radius 2 is 2.11 bits per heavy atom. The summed E-state index contributed by atoms with van der Waals surface area (Å²) >= 11 is 3.49. The second-order valence-electron chi connectivity index (χ2n) is 5.20. The third kappa shape index (κ3) is 4.48. The molecule has 106 valence electrons. The van der Waals surface area contributed by atoms with Gasteiger partial charge in [0.1, 0.15) is 0 Å². The van der Waals surface area contributed by atoms with Crippen LogP contribution in [0, 0.1) is 0 Å². The van der Waals surface area contributed by atoms with Crippen LogP contribution in [0.1, 0.15) is 25.3 Å². The van der Waals surface area contributed by atoms with Crippen molar-refractivity contribution in [3.63, 3.8) is 0 Å². The molecule has 0 saturated carbocycles. The zero-order valence-corrected chi connectivity index (χ0v) is 13.1. The van der Waals surface area contributed by atoms with E-state index in [1.807, 2.05) is 6.07 Å². The average molecular weight is 327 g/mol. The molecule has 0 spiro atoms. The van der Waals surface area contributed by atoms with Crippen LogP contribution in [0.15, 0.2) is 22.7 Å². The fraction of sp³-hybridized carbons (Fsp3) is 0.600. The molecule has 1 aliphatic heterocycles. The normalized spacial score (nSPS) is 17.6.